The van der Waals surface area contributed by atoms with Gasteiger partial charge in [-0.25, -0.2) is 0 Å². The molecule has 5 rings (SSSR count). The van der Waals surface area contributed by atoms with E-state index in [4.69, 9.17) is 4.74 Å². The number of hydrogen-bond donors (Lipinski definition) is 1. The molecule has 1 aromatic heterocycles. The molecule has 3 heterocycles. The number of aryl methyl sites for hydroxylation is 1. The molecule has 2 aliphatic rings. The third-order valence-electron chi connectivity index (χ3n) is 6.91. The Kier molecular flexibility index (Phi) is 6.27. The molecule has 1 N–H and O–H groups in total. The molecule has 0 saturated carbocycles. The molecule has 2 atom stereocenters. The van der Waals surface area contributed by atoms with Gasteiger partial charge >= 0.3 is 0 Å². The van der Waals surface area contributed by atoms with Crippen LogP contribution in [0.1, 0.15) is 16.0 Å². The number of thiophene rings is 1. The molecule has 5 nitrogen and oxygen atoms in total. The summed E-state index contributed by atoms with van der Waals surface area (Å²) in [5.74, 6) is 0.948. The number of rotatable bonds is 6. The second-order valence-electron chi connectivity index (χ2n) is 8.97. The Morgan fingerprint density at radius 2 is 2.00 bits per heavy atom. The van der Waals surface area contributed by atoms with Crippen LogP contribution in [0.2, 0.25) is 0 Å². The Hall–Kier alpha value is -2.99. The first-order valence-corrected chi connectivity index (χ1v) is 12.6. The van der Waals surface area contributed by atoms with Gasteiger partial charge in [-0.05, 0) is 55.0 Å². The molecule has 2 aliphatic heterocycles. The molecule has 3 aromatic rings. The average Bonchev–Trinajstić information content (AvgIpc) is 3.37. The number of benzene rings is 2. The highest BCUT2D eigenvalue weighted by Crippen LogP contribution is 2.39. The van der Waals surface area contributed by atoms with Gasteiger partial charge in [-0.1, -0.05) is 29.8 Å². The monoisotopic (exact) mass is 461 g/mol. The lowest BCUT2D eigenvalue weighted by molar-refractivity contribution is -0.125. The Balaban J connectivity index is 1.38. The predicted octanol–water partition coefficient (Wildman–Crippen LogP) is 4.29. The van der Waals surface area contributed by atoms with Crippen molar-refractivity contribution in [3.63, 3.8) is 0 Å². The highest BCUT2D eigenvalue weighted by atomic mass is 32.1. The van der Waals surface area contributed by atoms with E-state index < -0.39 is 0 Å². The highest BCUT2D eigenvalue weighted by molar-refractivity contribution is 7.09. The van der Waals surface area contributed by atoms with E-state index in [1.54, 1.807) is 18.4 Å². The van der Waals surface area contributed by atoms with Gasteiger partial charge < -0.3 is 19.9 Å². The summed E-state index contributed by atoms with van der Waals surface area (Å²) in [4.78, 5) is 19.6. The van der Waals surface area contributed by atoms with Crippen LogP contribution in [0.3, 0.4) is 0 Å². The number of nitrogens with one attached hydrogen (secondary N) is 1. The maximum atomic E-state index is 13.4. The van der Waals surface area contributed by atoms with Crippen LogP contribution in [-0.2, 0) is 17.6 Å². The van der Waals surface area contributed by atoms with Gasteiger partial charge in [0.25, 0.3) is 0 Å². The van der Waals surface area contributed by atoms with Gasteiger partial charge in [-0.3, -0.25) is 4.79 Å². The zero-order valence-electron chi connectivity index (χ0n) is 19.3. The normalized spacial score (nSPS) is 19.6. The van der Waals surface area contributed by atoms with Crippen molar-refractivity contribution >= 4 is 28.6 Å². The second-order valence-corrected chi connectivity index (χ2v) is 10.0. The number of methoxy groups -OCH3 is 1. The fraction of sp³-hybridized carbons (Fsp3) is 0.370. The Morgan fingerprint density at radius 3 is 2.76 bits per heavy atom. The smallest absolute Gasteiger partial charge is 0.225 e. The van der Waals surface area contributed by atoms with Gasteiger partial charge in [-0.15, -0.1) is 11.3 Å². The summed E-state index contributed by atoms with van der Waals surface area (Å²) in [6.07, 6.45) is 1.64. The summed E-state index contributed by atoms with van der Waals surface area (Å²) >= 11 is 1.74. The van der Waals surface area contributed by atoms with Crippen molar-refractivity contribution in [2.24, 2.45) is 5.92 Å². The van der Waals surface area contributed by atoms with Crippen molar-refractivity contribution in [2.45, 2.75) is 25.8 Å². The van der Waals surface area contributed by atoms with E-state index in [0.717, 1.165) is 38.2 Å². The molecule has 1 amide bonds. The summed E-state index contributed by atoms with van der Waals surface area (Å²) in [5, 5.41) is 5.32. The van der Waals surface area contributed by atoms with E-state index in [1.165, 1.54) is 27.4 Å². The number of fused-ring (bicyclic) bond motifs is 3. The Bertz CT molecular complexity index is 1100. The van der Waals surface area contributed by atoms with Gasteiger partial charge in [-0.2, -0.15) is 0 Å². The molecule has 0 aliphatic carbocycles. The standard InChI is InChI=1S/C27H31N3O2S/c1-19-5-8-21(9-6-19)29-13-14-30-25-17-22(32-2)10-7-20(25)16-24(26(30)18-29)27(31)28-12-11-23-4-3-15-33-23/h3-10,15,17,24,26H,11-14,16,18H2,1-2H3,(H,28,31). The van der Waals surface area contributed by atoms with Crippen LogP contribution in [0.5, 0.6) is 5.75 Å². The maximum Gasteiger partial charge on any atom is 0.225 e. The van der Waals surface area contributed by atoms with Crippen LogP contribution in [-0.4, -0.2) is 45.2 Å². The van der Waals surface area contributed by atoms with Crippen molar-refractivity contribution in [3.05, 3.63) is 76.0 Å². The van der Waals surface area contributed by atoms with Crippen molar-refractivity contribution in [1.29, 1.82) is 0 Å². The Morgan fingerprint density at radius 1 is 1.15 bits per heavy atom. The van der Waals surface area contributed by atoms with Crippen molar-refractivity contribution < 1.29 is 9.53 Å². The van der Waals surface area contributed by atoms with E-state index >= 15 is 0 Å². The highest BCUT2D eigenvalue weighted by Gasteiger charge is 2.41. The fourth-order valence-electron chi connectivity index (χ4n) is 5.09. The third-order valence-corrected chi connectivity index (χ3v) is 7.85. The molecular weight excluding hydrogens is 430 g/mol. The molecule has 2 unspecified atom stereocenters. The van der Waals surface area contributed by atoms with Crippen LogP contribution >= 0.6 is 11.3 Å². The molecular formula is C27H31N3O2S. The molecule has 33 heavy (non-hydrogen) atoms. The van der Waals surface area contributed by atoms with E-state index in [1.807, 2.05) is 6.07 Å². The molecule has 0 radical (unpaired) electrons. The molecule has 0 spiro atoms. The van der Waals surface area contributed by atoms with Crippen LogP contribution in [0.4, 0.5) is 11.4 Å². The number of piperazine rings is 1. The lowest BCUT2D eigenvalue weighted by atomic mass is 9.83. The molecule has 2 aromatic carbocycles. The van der Waals surface area contributed by atoms with Gasteiger partial charge in [0, 0.05) is 48.5 Å². The molecule has 1 saturated heterocycles. The first-order chi connectivity index (χ1) is 16.1. The average molecular weight is 462 g/mol. The quantitative estimate of drug-likeness (QED) is 0.595. The number of nitrogens with zero attached hydrogens (tertiary/aromatic N) is 2. The summed E-state index contributed by atoms with van der Waals surface area (Å²) in [7, 11) is 1.71. The first-order valence-electron chi connectivity index (χ1n) is 11.7. The van der Waals surface area contributed by atoms with Gasteiger partial charge in [0.15, 0.2) is 0 Å². The van der Waals surface area contributed by atoms with Crippen LogP contribution in [0.15, 0.2) is 60.0 Å². The van der Waals surface area contributed by atoms with E-state index in [9.17, 15) is 4.79 Å². The number of ether oxygens (including phenoxy) is 1. The van der Waals surface area contributed by atoms with Crippen LogP contribution < -0.4 is 19.9 Å². The van der Waals surface area contributed by atoms with Crippen molar-refractivity contribution in [2.75, 3.05) is 43.1 Å². The van der Waals surface area contributed by atoms with E-state index in [2.05, 4.69) is 76.0 Å². The fourth-order valence-corrected chi connectivity index (χ4v) is 5.80. The van der Waals surface area contributed by atoms with Crippen LogP contribution in [0, 0.1) is 12.8 Å². The summed E-state index contributed by atoms with van der Waals surface area (Å²) in [5.41, 5.74) is 4.94. The minimum atomic E-state index is -0.0810. The number of amides is 1. The first kappa shape index (κ1) is 21.8. The summed E-state index contributed by atoms with van der Waals surface area (Å²) < 4.78 is 5.51. The van der Waals surface area contributed by atoms with Crippen molar-refractivity contribution in [1.82, 2.24) is 5.32 Å². The topological polar surface area (TPSA) is 44.8 Å². The van der Waals surface area contributed by atoms with E-state index in [-0.39, 0.29) is 17.9 Å². The largest absolute Gasteiger partial charge is 0.497 e. The van der Waals surface area contributed by atoms with Crippen molar-refractivity contribution in [3.8, 4) is 5.75 Å². The number of carbonyl (C=O) groups excluding carboxylic acids is 1. The van der Waals surface area contributed by atoms with Crippen LogP contribution in [0.25, 0.3) is 0 Å². The third kappa shape index (κ3) is 4.58. The second kappa shape index (κ2) is 9.48. The minimum absolute atomic E-state index is 0.0810. The van der Waals surface area contributed by atoms with Gasteiger partial charge in [0.05, 0.1) is 19.1 Å². The van der Waals surface area contributed by atoms with Gasteiger partial charge in [0.1, 0.15) is 5.75 Å². The number of hydrogen-bond acceptors (Lipinski definition) is 5. The molecule has 6 heteroatoms. The zero-order chi connectivity index (χ0) is 22.8. The summed E-state index contributed by atoms with van der Waals surface area (Å²) in [6, 6.07) is 19.3. The SMILES string of the molecule is COc1ccc2c(c1)N1CCN(c3ccc(C)cc3)CC1C(C(=O)NCCc1cccs1)C2. The lowest BCUT2D eigenvalue weighted by Crippen LogP contribution is -2.61. The molecule has 172 valence electrons. The lowest BCUT2D eigenvalue weighted by Gasteiger charge is -2.49. The predicted molar refractivity (Wildman–Crippen MR) is 136 cm³/mol. The number of carbonyl (C=O) groups is 1. The van der Waals surface area contributed by atoms with Gasteiger partial charge in [0.2, 0.25) is 5.91 Å². The molecule has 1 fully saturated rings. The maximum absolute atomic E-state index is 13.4. The zero-order valence-corrected chi connectivity index (χ0v) is 20.1. The Labute approximate surface area is 200 Å². The summed E-state index contributed by atoms with van der Waals surface area (Å²) in [6.45, 7) is 5.45. The minimum Gasteiger partial charge on any atom is -0.497 e. The molecule has 0 bridgehead atoms. The number of anilines is 2. The van der Waals surface area contributed by atoms with E-state index in [0.29, 0.717) is 6.54 Å².